The Morgan fingerprint density at radius 3 is 2.12 bits per heavy atom. The SMILES string of the molecule is COc1ccc(CNC(=O)c2cccc(C(=O)NCC(C)C)c2)cc1. The quantitative estimate of drug-likeness (QED) is 0.814. The van der Waals surface area contributed by atoms with Gasteiger partial charge in [-0.2, -0.15) is 0 Å². The normalized spacial score (nSPS) is 10.4. The highest BCUT2D eigenvalue weighted by Crippen LogP contribution is 2.11. The fourth-order valence-corrected chi connectivity index (χ4v) is 2.23. The molecule has 0 atom stereocenters. The molecule has 0 aliphatic heterocycles. The Hall–Kier alpha value is -2.82. The van der Waals surface area contributed by atoms with E-state index in [4.69, 9.17) is 4.74 Å². The second-order valence-electron chi connectivity index (χ2n) is 6.22. The van der Waals surface area contributed by atoms with Gasteiger partial charge in [0.1, 0.15) is 5.75 Å². The Morgan fingerprint density at radius 2 is 1.56 bits per heavy atom. The summed E-state index contributed by atoms with van der Waals surface area (Å²) < 4.78 is 5.11. The van der Waals surface area contributed by atoms with Crippen molar-refractivity contribution in [1.82, 2.24) is 10.6 Å². The summed E-state index contributed by atoms with van der Waals surface area (Å²) in [4.78, 5) is 24.4. The van der Waals surface area contributed by atoms with Gasteiger partial charge < -0.3 is 15.4 Å². The van der Waals surface area contributed by atoms with Gasteiger partial charge >= 0.3 is 0 Å². The first-order valence-corrected chi connectivity index (χ1v) is 8.29. The summed E-state index contributed by atoms with van der Waals surface area (Å²) in [5, 5.41) is 5.71. The number of hydrogen-bond acceptors (Lipinski definition) is 3. The Bertz CT molecular complexity index is 724. The summed E-state index contributed by atoms with van der Waals surface area (Å²) in [6.07, 6.45) is 0. The fourth-order valence-electron chi connectivity index (χ4n) is 2.23. The van der Waals surface area contributed by atoms with Gasteiger partial charge in [0, 0.05) is 24.2 Å². The minimum atomic E-state index is -0.214. The Balaban J connectivity index is 1.96. The summed E-state index contributed by atoms with van der Waals surface area (Å²) in [6, 6.07) is 14.2. The van der Waals surface area contributed by atoms with Crippen molar-refractivity contribution in [2.45, 2.75) is 20.4 Å². The number of methoxy groups -OCH3 is 1. The van der Waals surface area contributed by atoms with E-state index >= 15 is 0 Å². The molecule has 0 aliphatic carbocycles. The van der Waals surface area contributed by atoms with E-state index in [2.05, 4.69) is 10.6 Å². The van der Waals surface area contributed by atoms with Crippen LogP contribution in [0.25, 0.3) is 0 Å². The van der Waals surface area contributed by atoms with Gasteiger partial charge in [-0.15, -0.1) is 0 Å². The van der Waals surface area contributed by atoms with Gasteiger partial charge in [0.2, 0.25) is 0 Å². The van der Waals surface area contributed by atoms with Crippen LogP contribution in [0.1, 0.15) is 40.1 Å². The van der Waals surface area contributed by atoms with E-state index in [1.165, 1.54) is 0 Å². The van der Waals surface area contributed by atoms with E-state index in [-0.39, 0.29) is 11.8 Å². The number of nitrogens with one attached hydrogen (secondary N) is 2. The van der Waals surface area contributed by atoms with Crippen molar-refractivity contribution in [3.63, 3.8) is 0 Å². The molecule has 0 radical (unpaired) electrons. The molecule has 0 heterocycles. The molecule has 2 amide bonds. The van der Waals surface area contributed by atoms with E-state index in [1.807, 2.05) is 38.1 Å². The molecule has 2 aromatic rings. The summed E-state index contributed by atoms with van der Waals surface area (Å²) >= 11 is 0. The number of amides is 2. The van der Waals surface area contributed by atoms with E-state index < -0.39 is 0 Å². The topological polar surface area (TPSA) is 67.4 Å². The third kappa shape index (κ3) is 5.64. The summed E-state index contributed by atoms with van der Waals surface area (Å²) in [7, 11) is 1.61. The Kier molecular flexibility index (Phi) is 6.57. The first-order valence-electron chi connectivity index (χ1n) is 8.29. The Labute approximate surface area is 148 Å². The molecule has 0 fully saturated rings. The van der Waals surface area contributed by atoms with Crippen LogP contribution in [-0.4, -0.2) is 25.5 Å². The van der Waals surface area contributed by atoms with Crippen molar-refractivity contribution in [3.05, 3.63) is 65.2 Å². The van der Waals surface area contributed by atoms with Crippen molar-refractivity contribution in [2.24, 2.45) is 5.92 Å². The van der Waals surface area contributed by atoms with E-state index in [0.29, 0.717) is 30.1 Å². The van der Waals surface area contributed by atoms with Gasteiger partial charge in [0.15, 0.2) is 0 Å². The van der Waals surface area contributed by atoms with Crippen LogP contribution in [0.4, 0.5) is 0 Å². The van der Waals surface area contributed by atoms with Gasteiger partial charge in [-0.05, 0) is 41.8 Å². The van der Waals surface area contributed by atoms with Crippen LogP contribution in [0.15, 0.2) is 48.5 Å². The van der Waals surface area contributed by atoms with Crippen molar-refractivity contribution < 1.29 is 14.3 Å². The molecule has 0 saturated heterocycles. The van der Waals surface area contributed by atoms with Crippen LogP contribution in [-0.2, 0) is 6.54 Å². The average Bonchev–Trinajstić information content (AvgIpc) is 2.64. The first-order chi connectivity index (χ1) is 12.0. The summed E-state index contributed by atoms with van der Waals surface area (Å²) in [5.41, 5.74) is 1.92. The zero-order valence-corrected chi connectivity index (χ0v) is 14.8. The number of carbonyl (C=O) groups excluding carboxylic acids is 2. The predicted molar refractivity (Wildman–Crippen MR) is 97.8 cm³/mol. The lowest BCUT2D eigenvalue weighted by atomic mass is 10.1. The molecule has 5 nitrogen and oxygen atoms in total. The molecule has 132 valence electrons. The molecule has 0 unspecified atom stereocenters. The predicted octanol–water partition coefficient (Wildman–Crippen LogP) is 3.01. The summed E-state index contributed by atoms with van der Waals surface area (Å²) in [5.74, 6) is 0.767. The maximum atomic E-state index is 12.3. The van der Waals surface area contributed by atoms with Crippen LogP contribution >= 0.6 is 0 Å². The maximum Gasteiger partial charge on any atom is 0.251 e. The second kappa shape index (κ2) is 8.87. The molecular weight excluding hydrogens is 316 g/mol. The minimum absolute atomic E-state index is 0.168. The first kappa shape index (κ1) is 18.5. The molecule has 0 aromatic heterocycles. The van der Waals surface area contributed by atoms with Crippen LogP contribution < -0.4 is 15.4 Å². The van der Waals surface area contributed by atoms with Gasteiger partial charge in [-0.1, -0.05) is 32.0 Å². The monoisotopic (exact) mass is 340 g/mol. The molecule has 0 bridgehead atoms. The summed E-state index contributed by atoms with van der Waals surface area (Å²) in [6.45, 7) is 5.08. The maximum absolute atomic E-state index is 12.3. The fraction of sp³-hybridized carbons (Fsp3) is 0.300. The van der Waals surface area contributed by atoms with Crippen molar-refractivity contribution in [3.8, 4) is 5.75 Å². The number of carbonyl (C=O) groups is 2. The highest BCUT2D eigenvalue weighted by molar-refractivity contribution is 5.99. The molecule has 2 rings (SSSR count). The van der Waals surface area contributed by atoms with E-state index in [0.717, 1.165) is 11.3 Å². The van der Waals surface area contributed by atoms with Crippen LogP contribution in [0.2, 0.25) is 0 Å². The van der Waals surface area contributed by atoms with Gasteiger partial charge in [-0.25, -0.2) is 0 Å². The molecule has 2 aromatic carbocycles. The standard InChI is InChI=1S/C20H24N2O3/c1-14(2)12-21-19(23)16-5-4-6-17(11-16)20(24)22-13-15-7-9-18(25-3)10-8-15/h4-11,14H,12-13H2,1-3H3,(H,21,23)(H,22,24). The van der Waals surface area contributed by atoms with Gasteiger partial charge in [0.05, 0.1) is 7.11 Å². The van der Waals surface area contributed by atoms with E-state index in [9.17, 15) is 9.59 Å². The number of benzene rings is 2. The molecule has 25 heavy (non-hydrogen) atoms. The van der Waals surface area contributed by atoms with Crippen molar-refractivity contribution in [2.75, 3.05) is 13.7 Å². The number of rotatable bonds is 7. The van der Waals surface area contributed by atoms with Crippen LogP contribution in [0, 0.1) is 5.92 Å². The molecule has 0 aliphatic rings. The van der Waals surface area contributed by atoms with Gasteiger partial charge in [-0.3, -0.25) is 9.59 Å². The van der Waals surface area contributed by atoms with Crippen LogP contribution in [0.5, 0.6) is 5.75 Å². The zero-order valence-electron chi connectivity index (χ0n) is 14.8. The third-order valence-electron chi connectivity index (χ3n) is 3.67. The third-order valence-corrected chi connectivity index (χ3v) is 3.67. The smallest absolute Gasteiger partial charge is 0.251 e. The molecular formula is C20H24N2O3. The zero-order chi connectivity index (χ0) is 18.2. The molecule has 5 heteroatoms. The van der Waals surface area contributed by atoms with E-state index in [1.54, 1.807) is 31.4 Å². The Morgan fingerprint density at radius 1 is 0.960 bits per heavy atom. The molecule has 0 saturated carbocycles. The molecule has 2 N–H and O–H groups in total. The van der Waals surface area contributed by atoms with Crippen molar-refractivity contribution in [1.29, 1.82) is 0 Å². The highest BCUT2D eigenvalue weighted by Gasteiger charge is 2.10. The average molecular weight is 340 g/mol. The lowest BCUT2D eigenvalue weighted by Crippen LogP contribution is -2.28. The lowest BCUT2D eigenvalue weighted by Gasteiger charge is -2.09. The molecule has 0 spiro atoms. The number of hydrogen-bond donors (Lipinski definition) is 2. The largest absolute Gasteiger partial charge is 0.497 e. The van der Waals surface area contributed by atoms with Gasteiger partial charge in [0.25, 0.3) is 11.8 Å². The second-order valence-corrected chi connectivity index (χ2v) is 6.22. The van der Waals surface area contributed by atoms with Crippen LogP contribution in [0.3, 0.4) is 0 Å². The van der Waals surface area contributed by atoms with Crippen molar-refractivity contribution >= 4 is 11.8 Å². The minimum Gasteiger partial charge on any atom is -0.497 e. The number of ether oxygens (including phenoxy) is 1. The lowest BCUT2D eigenvalue weighted by molar-refractivity contribution is 0.0949. The highest BCUT2D eigenvalue weighted by atomic mass is 16.5.